The maximum atomic E-state index is 12.6. The van der Waals surface area contributed by atoms with E-state index in [1.807, 2.05) is 22.8 Å². The molecule has 5 heteroatoms. The number of carbonyl (C=O) groups is 2. The van der Waals surface area contributed by atoms with Crippen molar-refractivity contribution in [3.05, 3.63) is 65.4 Å². The molecular formula is C23H23NO4. The zero-order valence-corrected chi connectivity index (χ0v) is 15.9. The van der Waals surface area contributed by atoms with Gasteiger partial charge >= 0.3 is 5.97 Å². The second-order valence-corrected chi connectivity index (χ2v) is 7.00. The summed E-state index contributed by atoms with van der Waals surface area (Å²) in [5.74, 6) is 0.105. The van der Waals surface area contributed by atoms with E-state index in [-0.39, 0.29) is 5.97 Å². The van der Waals surface area contributed by atoms with E-state index in [0.29, 0.717) is 23.8 Å². The van der Waals surface area contributed by atoms with Crippen molar-refractivity contribution in [2.45, 2.75) is 25.7 Å². The highest BCUT2D eigenvalue weighted by atomic mass is 16.5. The second-order valence-electron chi connectivity index (χ2n) is 7.00. The molecule has 4 rings (SSSR count). The fourth-order valence-corrected chi connectivity index (χ4v) is 3.89. The summed E-state index contributed by atoms with van der Waals surface area (Å²) in [6, 6.07) is 15.5. The highest BCUT2D eigenvalue weighted by molar-refractivity contribution is 5.97. The minimum atomic E-state index is -0.372. The van der Waals surface area contributed by atoms with Gasteiger partial charge in [0.05, 0.1) is 12.1 Å². The summed E-state index contributed by atoms with van der Waals surface area (Å²) in [5, 5.41) is 0.989. The van der Waals surface area contributed by atoms with E-state index < -0.39 is 0 Å². The molecule has 1 aromatic heterocycles. The van der Waals surface area contributed by atoms with Gasteiger partial charge in [0.2, 0.25) is 0 Å². The van der Waals surface area contributed by atoms with Gasteiger partial charge in [0.1, 0.15) is 12.0 Å². The molecule has 0 bridgehead atoms. The molecule has 3 aromatic rings. The molecule has 1 saturated heterocycles. The molecule has 0 spiro atoms. The number of aldehydes is 1. The number of hydrogen-bond donors (Lipinski definition) is 0. The van der Waals surface area contributed by atoms with E-state index in [1.165, 1.54) is 5.56 Å². The fraction of sp³-hybridized carbons (Fsp3) is 0.304. The van der Waals surface area contributed by atoms with Crippen molar-refractivity contribution in [2.24, 2.45) is 0 Å². The Hall–Kier alpha value is -2.92. The Morgan fingerprint density at radius 2 is 2.00 bits per heavy atom. The van der Waals surface area contributed by atoms with Gasteiger partial charge in [0.25, 0.3) is 0 Å². The van der Waals surface area contributed by atoms with Crippen molar-refractivity contribution in [3.63, 3.8) is 0 Å². The summed E-state index contributed by atoms with van der Waals surface area (Å²) >= 11 is 0. The van der Waals surface area contributed by atoms with Crippen molar-refractivity contribution < 1.29 is 19.1 Å². The molecule has 0 N–H and O–H groups in total. The number of fused-ring (bicyclic) bond motifs is 1. The first-order valence-corrected chi connectivity index (χ1v) is 9.67. The molecule has 1 aliphatic rings. The molecule has 28 heavy (non-hydrogen) atoms. The Balaban J connectivity index is 1.86. The summed E-state index contributed by atoms with van der Waals surface area (Å²) < 4.78 is 12.6. The van der Waals surface area contributed by atoms with Gasteiger partial charge in [-0.1, -0.05) is 18.2 Å². The number of carbonyl (C=O) groups excluding carboxylic acids is 2. The number of ether oxygens (including phenoxy) is 2. The predicted octanol–water partition coefficient (Wildman–Crippen LogP) is 4.51. The largest absolute Gasteiger partial charge is 0.461 e. The molecule has 0 amide bonds. The van der Waals surface area contributed by atoms with Crippen LogP contribution in [0, 0.1) is 0 Å². The number of rotatable bonds is 5. The van der Waals surface area contributed by atoms with Crippen LogP contribution in [0.2, 0.25) is 0 Å². The zero-order valence-electron chi connectivity index (χ0n) is 15.9. The molecule has 2 aromatic carbocycles. The van der Waals surface area contributed by atoms with Gasteiger partial charge in [-0.05, 0) is 61.6 Å². The lowest BCUT2D eigenvalue weighted by atomic mass is 9.91. The smallest absolute Gasteiger partial charge is 0.355 e. The number of hydrogen-bond acceptors (Lipinski definition) is 4. The summed E-state index contributed by atoms with van der Waals surface area (Å²) in [6.07, 6.45) is 2.83. The third kappa shape index (κ3) is 3.45. The van der Waals surface area contributed by atoms with Crippen LogP contribution < -0.4 is 0 Å². The molecular weight excluding hydrogens is 354 g/mol. The van der Waals surface area contributed by atoms with Gasteiger partial charge in [-0.3, -0.25) is 4.79 Å². The first-order valence-electron chi connectivity index (χ1n) is 9.67. The van der Waals surface area contributed by atoms with Crippen LogP contribution in [0.5, 0.6) is 0 Å². The molecule has 144 valence electrons. The molecule has 0 atom stereocenters. The van der Waals surface area contributed by atoms with Crippen molar-refractivity contribution in [3.8, 4) is 5.69 Å². The number of aromatic nitrogens is 1. The first kappa shape index (κ1) is 18.4. The van der Waals surface area contributed by atoms with Crippen LogP contribution >= 0.6 is 0 Å². The first-order chi connectivity index (χ1) is 13.7. The Kier molecular flexibility index (Phi) is 5.26. The van der Waals surface area contributed by atoms with Gasteiger partial charge in [-0.2, -0.15) is 0 Å². The minimum absolute atomic E-state index is 0.308. The SMILES string of the molecule is CCOC(=O)c1cc2cc(C3CCOCC3)ccc2n1-c1cccc(C=O)c1. The lowest BCUT2D eigenvalue weighted by Gasteiger charge is -2.22. The summed E-state index contributed by atoms with van der Waals surface area (Å²) in [4.78, 5) is 23.8. The van der Waals surface area contributed by atoms with Crippen LogP contribution in [0.4, 0.5) is 0 Å². The third-order valence-corrected chi connectivity index (χ3v) is 5.27. The average molecular weight is 377 g/mol. The van der Waals surface area contributed by atoms with Crippen LogP contribution in [0.1, 0.15) is 52.1 Å². The Labute approximate surface area is 163 Å². The average Bonchev–Trinajstić information content (AvgIpc) is 3.13. The summed E-state index contributed by atoms with van der Waals surface area (Å²) in [6.45, 7) is 3.68. The van der Waals surface area contributed by atoms with E-state index >= 15 is 0 Å². The van der Waals surface area contributed by atoms with Crippen molar-refractivity contribution in [1.82, 2.24) is 4.57 Å². The van der Waals surface area contributed by atoms with E-state index in [2.05, 4.69) is 18.2 Å². The van der Waals surface area contributed by atoms with Crippen LogP contribution in [-0.4, -0.2) is 36.6 Å². The summed E-state index contributed by atoms with van der Waals surface area (Å²) in [5.41, 5.74) is 3.98. The lowest BCUT2D eigenvalue weighted by molar-refractivity contribution is 0.0517. The standard InChI is InChI=1S/C23H23NO4/c1-2-28-23(26)22-14-19-13-18(17-8-10-27-11-9-17)6-7-21(19)24(22)20-5-3-4-16(12-20)15-25/h3-7,12-15,17H,2,8-11H2,1H3. The van der Waals surface area contributed by atoms with Crippen molar-refractivity contribution >= 4 is 23.2 Å². The van der Waals surface area contributed by atoms with Crippen molar-refractivity contribution in [1.29, 1.82) is 0 Å². The monoisotopic (exact) mass is 377 g/mol. The van der Waals surface area contributed by atoms with Crippen LogP contribution in [0.15, 0.2) is 48.5 Å². The quantitative estimate of drug-likeness (QED) is 0.485. The molecule has 0 aliphatic carbocycles. The topological polar surface area (TPSA) is 57.5 Å². The Morgan fingerprint density at radius 1 is 1.18 bits per heavy atom. The van der Waals surface area contributed by atoms with E-state index in [4.69, 9.17) is 9.47 Å². The second kappa shape index (κ2) is 7.98. The number of benzene rings is 2. The van der Waals surface area contributed by atoms with Crippen LogP contribution in [-0.2, 0) is 9.47 Å². The highest BCUT2D eigenvalue weighted by Crippen LogP contribution is 2.32. The zero-order chi connectivity index (χ0) is 19.5. The fourth-order valence-electron chi connectivity index (χ4n) is 3.89. The third-order valence-electron chi connectivity index (χ3n) is 5.27. The summed E-state index contributed by atoms with van der Waals surface area (Å²) in [7, 11) is 0. The van der Waals surface area contributed by atoms with E-state index in [0.717, 1.165) is 48.9 Å². The number of esters is 1. The van der Waals surface area contributed by atoms with Crippen LogP contribution in [0.25, 0.3) is 16.6 Å². The normalized spacial score (nSPS) is 14.9. The number of nitrogens with zero attached hydrogens (tertiary/aromatic N) is 1. The Morgan fingerprint density at radius 3 is 2.75 bits per heavy atom. The van der Waals surface area contributed by atoms with Crippen molar-refractivity contribution in [2.75, 3.05) is 19.8 Å². The molecule has 5 nitrogen and oxygen atoms in total. The minimum Gasteiger partial charge on any atom is -0.461 e. The van der Waals surface area contributed by atoms with Gasteiger partial charge in [0, 0.05) is 29.9 Å². The molecule has 0 unspecified atom stereocenters. The lowest BCUT2D eigenvalue weighted by Crippen LogP contribution is -2.14. The Bertz CT molecular complexity index is 1010. The van der Waals surface area contributed by atoms with Gasteiger partial charge < -0.3 is 14.0 Å². The van der Waals surface area contributed by atoms with Crippen LogP contribution in [0.3, 0.4) is 0 Å². The molecule has 0 radical (unpaired) electrons. The molecule has 1 aliphatic heterocycles. The molecule has 1 fully saturated rings. The highest BCUT2D eigenvalue weighted by Gasteiger charge is 2.21. The molecule has 0 saturated carbocycles. The molecule has 2 heterocycles. The van der Waals surface area contributed by atoms with Gasteiger partial charge in [0.15, 0.2) is 0 Å². The predicted molar refractivity (Wildman–Crippen MR) is 107 cm³/mol. The maximum Gasteiger partial charge on any atom is 0.355 e. The van der Waals surface area contributed by atoms with E-state index in [1.54, 1.807) is 19.1 Å². The van der Waals surface area contributed by atoms with Gasteiger partial charge in [-0.25, -0.2) is 4.79 Å². The maximum absolute atomic E-state index is 12.6. The van der Waals surface area contributed by atoms with Gasteiger partial charge in [-0.15, -0.1) is 0 Å². The van der Waals surface area contributed by atoms with E-state index in [9.17, 15) is 9.59 Å².